The van der Waals surface area contributed by atoms with Gasteiger partial charge >= 0.3 is 17.9 Å². The van der Waals surface area contributed by atoms with E-state index in [1.165, 1.54) is 180 Å². The highest BCUT2D eigenvalue weighted by molar-refractivity contribution is 5.71. The predicted molar refractivity (Wildman–Crippen MR) is 362 cm³/mol. The number of esters is 3. The van der Waals surface area contributed by atoms with Crippen molar-refractivity contribution in [3.05, 3.63) is 109 Å². The average Bonchev–Trinajstić information content (AvgIpc) is 3.48. The smallest absolute Gasteiger partial charge is 0.306 e. The van der Waals surface area contributed by atoms with Gasteiger partial charge in [0.05, 0.1) is 0 Å². The molecule has 0 heterocycles. The SMILES string of the molecule is CC/C=C\C/C=C\C/C=C\C/C=C\C/C=C\CCCCCCCCCCCCCCCCCCCCCC(=O)OCC(COC(=O)CCCCCCC/C=C\CCCC)OC(=O)CCCCCCCC/C=C\C/C=C\C/C=C\CCCCC. The molecule has 0 aromatic rings. The first-order valence-corrected chi connectivity index (χ1v) is 35.4. The summed E-state index contributed by atoms with van der Waals surface area (Å²) in [5.41, 5.74) is 0. The molecule has 0 fully saturated rings. The van der Waals surface area contributed by atoms with Gasteiger partial charge in [-0.15, -0.1) is 0 Å². The molecule has 0 rings (SSSR count). The lowest BCUT2D eigenvalue weighted by atomic mass is 10.0. The van der Waals surface area contributed by atoms with Crippen molar-refractivity contribution in [3.63, 3.8) is 0 Å². The minimum Gasteiger partial charge on any atom is -0.462 e. The van der Waals surface area contributed by atoms with E-state index in [0.717, 1.165) is 122 Å². The molecule has 6 heteroatoms. The van der Waals surface area contributed by atoms with Gasteiger partial charge in [0, 0.05) is 19.3 Å². The second-order valence-corrected chi connectivity index (χ2v) is 23.4. The standard InChI is InChI=1S/C77H132O6/c1-4-7-10-13-16-19-22-24-26-28-30-31-32-33-34-35-36-37-38-39-40-41-42-43-44-45-47-48-50-52-55-58-61-64-67-70-76(79)82-73-74(72-81-75(78)69-66-63-60-57-54-21-18-15-12-9-6-3)83-77(80)71-68-65-62-59-56-53-51-49-46-29-27-25-23-20-17-14-11-8-5-2/h7,10,15-20,24-27,30-31,33-34,46,49,74H,4-6,8-9,11-14,21-23,28-29,32,35-45,47-48,50-73H2,1-3H3/b10-7-,18-15-,19-16-,20-17-,26-24-,27-25-,31-30-,34-33-,49-46-. The van der Waals surface area contributed by atoms with Crippen LogP contribution in [0.25, 0.3) is 0 Å². The summed E-state index contributed by atoms with van der Waals surface area (Å²) >= 11 is 0. The average molecular weight is 1150 g/mol. The van der Waals surface area contributed by atoms with Gasteiger partial charge in [0.25, 0.3) is 0 Å². The van der Waals surface area contributed by atoms with E-state index in [4.69, 9.17) is 14.2 Å². The lowest BCUT2D eigenvalue weighted by molar-refractivity contribution is -0.167. The number of rotatable bonds is 64. The number of ether oxygens (including phenoxy) is 3. The van der Waals surface area contributed by atoms with Gasteiger partial charge in [-0.25, -0.2) is 0 Å². The van der Waals surface area contributed by atoms with Crippen molar-refractivity contribution in [3.8, 4) is 0 Å². The Morgan fingerprint density at radius 3 is 0.783 bits per heavy atom. The van der Waals surface area contributed by atoms with E-state index >= 15 is 0 Å². The number of unbranched alkanes of at least 4 members (excludes halogenated alkanes) is 35. The van der Waals surface area contributed by atoms with Crippen molar-refractivity contribution in [1.82, 2.24) is 0 Å². The molecule has 0 aliphatic heterocycles. The Kier molecular flexibility index (Phi) is 67.2. The molecule has 0 N–H and O–H groups in total. The summed E-state index contributed by atoms with van der Waals surface area (Å²) in [6.07, 6.45) is 97.0. The summed E-state index contributed by atoms with van der Waals surface area (Å²) in [5, 5.41) is 0. The minimum atomic E-state index is -0.788. The zero-order valence-electron chi connectivity index (χ0n) is 54.7. The summed E-state index contributed by atoms with van der Waals surface area (Å²) in [6.45, 7) is 6.47. The second kappa shape index (κ2) is 70.6. The zero-order valence-corrected chi connectivity index (χ0v) is 54.7. The molecule has 0 aromatic carbocycles. The Balaban J connectivity index is 4.13. The monoisotopic (exact) mass is 1150 g/mol. The van der Waals surface area contributed by atoms with Gasteiger partial charge in [-0.1, -0.05) is 310 Å². The molecule has 0 saturated heterocycles. The molecular weight excluding hydrogens is 1020 g/mol. The van der Waals surface area contributed by atoms with Crippen molar-refractivity contribution in [2.75, 3.05) is 13.2 Å². The minimum absolute atomic E-state index is 0.0830. The molecule has 6 nitrogen and oxygen atoms in total. The third-order valence-electron chi connectivity index (χ3n) is 15.2. The van der Waals surface area contributed by atoms with Crippen molar-refractivity contribution < 1.29 is 28.6 Å². The van der Waals surface area contributed by atoms with Crippen LogP contribution in [0.3, 0.4) is 0 Å². The summed E-state index contributed by atoms with van der Waals surface area (Å²) in [5.74, 6) is -0.893. The summed E-state index contributed by atoms with van der Waals surface area (Å²) in [4.78, 5) is 38.3. The molecular formula is C77H132O6. The topological polar surface area (TPSA) is 78.9 Å². The van der Waals surface area contributed by atoms with Crippen LogP contribution >= 0.6 is 0 Å². The zero-order chi connectivity index (χ0) is 59.9. The molecule has 0 amide bonds. The maximum absolute atomic E-state index is 12.9. The van der Waals surface area contributed by atoms with Gasteiger partial charge in [0.15, 0.2) is 6.10 Å². The van der Waals surface area contributed by atoms with E-state index in [2.05, 4.69) is 130 Å². The van der Waals surface area contributed by atoms with E-state index in [9.17, 15) is 14.4 Å². The maximum atomic E-state index is 12.9. The number of hydrogen-bond donors (Lipinski definition) is 0. The molecule has 0 radical (unpaired) electrons. The third-order valence-corrected chi connectivity index (χ3v) is 15.2. The first-order valence-electron chi connectivity index (χ1n) is 35.4. The Morgan fingerprint density at radius 2 is 0.482 bits per heavy atom. The van der Waals surface area contributed by atoms with Crippen LogP contribution in [0.15, 0.2) is 109 Å². The number of carbonyl (C=O) groups is 3. The van der Waals surface area contributed by atoms with Crippen molar-refractivity contribution >= 4 is 17.9 Å². The van der Waals surface area contributed by atoms with Crippen LogP contribution in [0.1, 0.15) is 342 Å². The molecule has 0 bridgehead atoms. The van der Waals surface area contributed by atoms with Crippen LogP contribution in [0, 0.1) is 0 Å². The highest BCUT2D eigenvalue weighted by Gasteiger charge is 2.19. The summed E-state index contributed by atoms with van der Waals surface area (Å²) < 4.78 is 16.9. The lowest BCUT2D eigenvalue weighted by Crippen LogP contribution is -2.30. The van der Waals surface area contributed by atoms with Crippen LogP contribution in [0.5, 0.6) is 0 Å². The van der Waals surface area contributed by atoms with Crippen LogP contribution in [-0.4, -0.2) is 37.2 Å². The molecule has 0 aromatic heterocycles. The van der Waals surface area contributed by atoms with Gasteiger partial charge < -0.3 is 14.2 Å². The second-order valence-electron chi connectivity index (χ2n) is 23.4. The quantitative estimate of drug-likeness (QED) is 0.0261. The molecule has 476 valence electrons. The van der Waals surface area contributed by atoms with Crippen LogP contribution in [-0.2, 0) is 28.6 Å². The number of carbonyl (C=O) groups excluding carboxylic acids is 3. The largest absolute Gasteiger partial charge is 0.462 e. The molecule has 0 spiro atoms. The number of allylic oxidation sites excluding steroid dienone is 18. The normalized spacial score (nSPS) is 12.8. The lowest BCUT2D eigenvalue weighted by Gasteiger charge is -2.18. The van der Waals surface area contributed by atoms with Gasteiger partial charge in [0.1, 0.15) is 13.2 Å². The molecule has 0 aliphatic carbocycles. The molecule has 0 aliphatic rings. The highest BCUT2D eigenvalue weighted by Crippen LogP contribution is 2.17. The maximum Gasteiger partial charge on any atom is 0.306 e. The fourth-order valence-corrected chi connectivity index (χ4v) is 9.93. The molecule has 83 heavy (non-hydrogen) atoms. The Morgan fingerprint density at radius 1 is 0.253 bits per heavy atom. The summed E-state index contributed by atoms with van der Waals surface area (Å²) in [6, 6.07) is 0. The van der Waals surface area contributed by atoms with E-state index in [0.29, 0.717) is 19.3 Å². The van der Waals surface area contributed by atoms with Gasteiger partial charge in [-0.2, -0.15) is 0 Å². The molecule has 0 saturated carbocycles. The summed E-state index contributed by atoms with van der Waals surface area (Å²) in [7, 11) is 0. The fraction of sp³-hybridized carbons (Fsp3) is 0.727. The van der Waals surface area contributed by atoms with Gasteiger partial charge in [-0.05, 0) is 122 Å². The van der Waals surface area contributed by atoms with E-state index in [-0.39, 0.29) is 31.1 Å². The van der Waals surface area contributed by atoms with Crippen LogP contribution in [0.4, 0.5) is 0 Å². The third kappa shape index (κ3) is 68.7. The van der Waals surface area contributed by atoms with Crippen molar-refractivity contribution in [2.45, 2.75) is 348 Å². The Bertz CT molecular complexity index is 1660. The van der Waals surface area contributed by atoms with Gasteiger partial charge in [0.2, 0.25) is 0 Å². The fourth-order valence-electron chi connectivity index (χ4n) is 9.93. The predicted octanol–water partition coefficient (Wildman–Crippen LogP) is 24.6. The Hall–Kier alpha value is -3.93. The van der Waals surface area contributed by atoms with Crippen molar-refractivity contribution in [2.24, 2.45) is 0 Å². The Labute approximate surface area is 514 Å². The van der Waals surface area contributed by atoms with E-state index < -0.39 is 6.10 Å². The first-order chi connectivity index (χ1) is 41.0. The molecule has 1 atom stereocenters. The van der Waals surface area contributed by atoms with Crippen LogP contribution in [0.2, 0.25) is 0 Å². The number of hydrogen-bond acceptors (Lipinski definition) is 6. The van der Waals surface area contributed by atoms with Crippen molar-refractivity contribution in [1.29, 1.82) is 0 Å². The van der Waals surface area contributed by atoms with E-state index in [1.54, 1.807) is 0 Å². The molecule has 1 unspecified atom stereocenters. The first kappa shape index (κ1) is 79.1. The van der Waals surface area contributed by atoms with Crippen LogP contribution < -0.4 is 0 Å². The van der Waals surface area contributed by atoms with Gasteiger partial charge in [-0.3, -0.25) is 14.4 Å². The van der Waals surface area contributed by atoms with E-state index in [1.807, 2.05) is 0 Å². The highest BCUT2D eigenvalue weighted by atomic mass is 16.6.